The molecule has 0 atom stereocenters. The van der Waals surface area contributed by atoms with Gasteiger partial charge in [0, 0.05) is 13.1 Å². The SMILES string of the molecule is NCC1(C(=O)NCC(C2CC2)C2CC2)CCCC1. The van der Waals surface area contributed by atoms with Crippen molar-refractivity contribution >= 4 is 5.91 Å². The number of amides is 1. The average molecular weight is 250 g/mol. The molecule has 102 valence electrons. The van der Waals surface area contributed by atoms with Gasteiger partial charge in [-0.1, -0.05) is 12.8 Å². The van der Waals surface area contributed by atoms with Crippen LogP contribution in [0.2, 0.25) is 0 Å². The molecule has 0 unspecified atom stereocenters. The third-order valence-electron chi connectivity index (χ3n) is 5.39. The summed E-state index contributed by atoms with van der Waals surface area (Å²) < 4.78 is 0. The zero-order valence-corrected chi connectivity index (χ0v) is 11.3. The number of hydrogen-bond acceptors (Lipinski definition) is 2. The highest BCUT2D eigenvalue weighted by atomic mass is 16.2. The first-order valence-corrected chi connectivity index (χ1v) is 7.73. The maximum absolute atomic E-state index is 12.4. The Morgan fingerprint density at radius 3 is 2.17 bits per heavy atom. The molecule has 0 aromatic heterocycles. The number of nitrogens with one attached hydrogen (secondary N) is 1. The first kappa shape index (κ1) is 12.5. The van der Waals surface area contributed by atoms with Gasteiger partial charge in [-0.2, -0.15) is 0 Å². The van der Waals surface area contributed by atoms with E-state index < -0.39 is 0 Å². The van der Waals surface area contributed by atoms with Crippen molar-refractivity contribution in [3.05, 3.63) is 0 Å². The van der Waals surface area contributed by atoms with E-state index in [2.05, 4.69) is 5.32 Å². The van der Waals surface area contributed by atoms with Gasteiger partial charge in [0.1, 0.15) is 0 Å². The largest absolute Gasteiger partial charge is 0.355 e. The van der Waals surface area contributed by atoms with Crippen LogP contribution in [0.15, 0.2) is 0 Å². The highest BCUT2D eigenvalue weighted by Crippen LogP contribution is 2.49. The Kier molecular flexibility index (Phi) is 3.35. The van der Waals surface area contributed by atoms with E-state index in [1.165, 1.54) is 38.5 Å². The minimum atomic E-state index is -0.225. The van der Waals surface area contributed by atoms with E-state index in [1.807, 2.05) is 0 Å². The number of carbonyl (C=O) groups is 1. The van der Waals surface area contributed by atoms with Crippen molar-refractivity contribution in [1.82, 2.24) is 5.32 Å². The van der Waals surface area contributed by atoms with Gasteiger partial charge in [-0.25, -0.2) is 0 Å². The Bertz CT molecular complexity index is 302. The lowest BCUT2D eigenvalue weighted by molar-refractivity contribution is -0.130. The Labute approximate surface area is 110 Å². The molecule has 3 rings (SSSR count). The third kappa shape index (κ3) is 2.42. The molecule has 0 aliphatic heterocycles. The van der Waals surface area contributed by atoms with Gasteiger partial charge in [-0.05, 0) is 56.3 Å². The number of rotatable bonds is 6. The fourth-order valence-corrected chi connectivity index (χ4v) is 3.74. The molecule has 0 bridgehead atoms. The summed E-state index contributed by atoms with van der Waals surface area (Å²) in [5, 5.41) is 3.24. The molecule has 3 nitrogen and oxygen atoms in total. The molecule has 0 radical (unpaired) electrons. The molecule has 3 saturated carbocycles. The molecule has 3 aliphatic rings. The minimum Gasteiger partial charge on any atom is -0.355 e. The molecular weight excluding hydrogens is 224 g/mol. The van der Waals surface area contributed by atoms with Gasteiger partial charge in [-0.3, -0.25) is 4.79 Å². The smallest absolute Gasteiger partial charge is 0.227 e. The fraction of sp³-hybridized carbons (Fsp3) is 0.933. The standard InChI is InChI=1S/C15H26N2O/c16-10-15(7-1-2-8-15)14(18)17-9-13(11-3-4-11)12-5-6-12/h11-13H,1-10,16H2,(H,17,18). The molecule has 3 N–H and O–H groups in total. The maximum atomic E-state index is 12.4. The van der Waals surface area contributed by atoms with Crippen LogP contribution in [0.25, 0.3) is 0 Å². The van der Waals surface area contributed by atoms with Crippen LogP contribution in [0.3, 0.4) is 0 Å². The highest BCUT2D eigenvalue weighted by molar-refractivity contribution is 5.83. The van der Waals surface area contributed by atoms with Crippen LogP contribution in [0, 0.1) is 23.2 Å². The summed E-state index contributed by atoms with van der Waals surface area (Å²) >= 11 is 0. The van der Waals surface area contributed by atoms with Crippen LogP contribution in [-0.2, 0) is 4.79 Å². The Hall–Kier alpha value is -0.570. The first-order chi connectivity index (χ1) is 8.75. The number of carbonyl (C=O) groups excluding carboxylic acids is 1. The van der Waals surface area contributed by atoms with Crippen molar-refractivity contribution in [3.8, 4) is 0 Å². The zero-order chi connectivity index (χ0) is 12.6. The molecule has 3 heteroatoms. The first-order valence-electron chi connectivity index (χ1n) is 7.73. The van der Waals surface area contributed by atoms with Gasteiger partial charge in [0.15, 0.2) is 0 Å². The van der Waals surface area contributed by atoms with Gasteiger partial charge in [0.2, 0.25) is 5.91 Å². The third-order valence-corrected chi connectivity index (χ3v) is 5.39. The fourth-order valence-electron chi connectivity index (χ4n) is 3.74. The molecule has 1 amide bonds. The maximum Gasteiger partial charge on any atom is 0.227 e. The van der Waals surface area contributed by atoms with Crippen LogP contribution in [-0.4, -0.2) is 19.0 Å². The molecule has 0 heterocycles. The van der Waals surface area contributed by atoms with E-state index in [0.717, 1.165) is 37.1 Å². The molecule has 0 aromatic carbocycles. The average Bonchev–Trinajstić information content (AvgIpc) is 3.30. The van der Waals surface area contributed by atoms with E-state index in [9.17, 15) is 4.79 Å². The zero-order valence-electron chi connectivity index (χ0n) is 11.3. The molecule has 0 spiro atoms. The van der Waals surface area contributed by atoms with Crippen molar-refractivity contribution in [2.45, 2.75) is 51.4 Å². The quantitative estimate of drug-likeness (QED) is 0.758. The van der Waals surface area contributed by atoms with Crippen molar-refractivity contribution in [1.29, 1.82) is 0 Å². The molecule has 18 heavy (non-hydrogen) atoms. The predicted octanol–water partition coefficient (Wildman–Crippen LogP) is 2.06. The number of nitrogens with two attached hydrogens (primary N) is 1. The Morgan fingerprint density at radius 1 is 1.17 bits per heavy atom. The van der Waals surface area contributed by atoms with Crippen LogP contribution in [0.1, 0.15) is 51.4 Å². The lowest BCUT2D eigenvalue weighted by Crippen LogP contribution is -2.45. The second-order valence-electron chi connectivity index (χ2n) is 6.74. The summed E-state index contributed by atoms with van der Waals surface area (Å²) in [6.07, 6.45) is 9.87. The molecule has 3 aliphatic carbocycles. The van der Waals surface area contributed by atoms with Crippen molar-refractivity contribution in [2.24, 2.45) is 28.9 Å². The summed E-state index contributed by atoms with van der Waals surface area (Å²) in [6, 6.07) is 0. The predicted molar refractivity (Wildman–Crippen MR) is 71.9 cm³/mol. The van der Waals surface area contributed by atoms with E-state index in [1.54, 1.807) is 0 Å². The van der Waals surface area contributed by atoms with E-state index in [4.69, 9.17) is 5.73 Å². The van der Waals surface area contributed by atoms with Gasteiger partial charge >= 0.3 is 0 Å². The monoisotopic (exact) mass is 250 g/mol. The van der Waals surface area contributed by atoms with Gasteiger partial charge < -0.3 is 11.1 Å². The van der Waals surface area contributed by atoms with Gasteiger partial charge in [0.25, 0.3) is 0 Å². The molecule has 0 aromatic rings. The highest BCUT2D eigenvalue weighted by Gasteiger charge is 2.43. The van der Waals surface area contributed by atoms with Crippen LogP contribution in [0.4, 0.5) is 0 Å². The minimum absolute atomic E-state index is 0.225. The normalized spacial score (nSPS) is 26.6. The summed E-state index contributed by atoms with van der Waals surface area (Å²) in [4.78, 5) is 12.4. The number of hydrogen-bond donors (Lipinski definition) is 2. The molecule has 0 saturated heterocycles. The van der Waals surface area contributed by atoms with Gasteiger partial charge in [0.05, 0.1) is 5.41 Å². The van der Waals surface area contributed by atoms with Crippen molar-refractivity contribution in [3.63, 3.8) is 0 Å². The topological polar surface area (TPSA) is 55.1 Å². The lowest BCUT2D eigenvalue weighted by Gasteiger charge is -2.27. The second-order valence-corrected chi connectivity index (χ2v) is 6.74. The van der Waals surface area contributed by atoms with E-state index in [0.29, 0.717) is 6.54 Å². The molecule has 3 fully saturated rings. The van der Waals surface area contributed by atoms with Gasteiger partial charge in [-0.15, -0.1) is 0 Å². The summed E-state index contributed by atoms with van der Waals surface area (Å²) in [6.45, 7) is 1.44. The van der Waals surface area contributed by atoms with E-state index >= 15 is 0 Å². The Morgan fingerprint density at radius 2 is 1.72 bits per heavy atom. The summed E-state index contributed by atoms with van der Waals surface area (Å²) in [7, 11) is 0. The Balaban J connectivity index is 1.53. The van der Waals surface area contributed by atoms with Crippen LogP contribution in [0.5, 0.6) is 0 Å². The lowest BCUT2D eigenvalue weighted by atomic mass is 9.85. The van der Waals surface area contributed by atoms with Crippen molar-refractivity contribution in [2.75, 3.05) is 13.1 Å². The molecular formula is C15H26N2O. The summed E-state index contributed by atoms with van der Waals surface area (Å²) in [5.74, 6) is 2.84. The second kappa shape index (κ2) is 4.84. The van der Waals surface area contributed by atoms with Crippen LogP contribution >= 0.6 is 0 Å². The van der Waals surface area contributed by atoms with Crippen molar-refractivity contribution < 1.29 is 4.79 Å². The van der Waals surface area contributed by atoms with E-state index in [-0.39, 0.29) is 11.3 Å². The van der Waals surface area contributed by atoms with Crippen LogP contribution < -0.4 is 11.1 Å². The summed E-state index contributed by atoms with van der Waals surface area (Å²) in [5.41, 5.74) is 5.63.